The monoisotopic (exact) mass is 573 g/mol. The third-order valence-electron chi connectivity index (χ3n) is 6.75. The van der Waals surface area contributed by atoms with Crippen molar-refractivity contribution in [2.24, 2.45) is 7.05 Å². The molecule has 40 heavy (non-hydrogen) atoms. The molecule has 1 aliphatic heterocycles. The molecule has 15 heteroatoms. The molecule has 3 aromatic rings. The van der Waals surface area contributed by atoms with Crippen molar-refractivity contribution in [1.82, 2.24) is 38.8 Å². The highest BCUT2D eigenvalue weighted by atomic mass is 32.2. The van der Waals surface area contributed by atoms with E-state index in [1.54, 1.807) is 30.9 Å². The Labute approximate surface area is 233 Å². The van der Waals surface area contributed by atoms with E-state index in [-0.39, 0.29) is 34.3 Å². The Morgan fingerprint density at radius 1 is 1.07 bits per heavy atom. The Morgan fingerprint density at radius 2 is 1.80 bits per heavy atom. The van der Waals surface area contributed by atoms with Crippen molar-refractivity contribution in [3.63, 3.8) is 0 Å². The van der Waals surface area contributed by atoms with Crippen LogP contribution in [0.15, 0.2) is 29.6 Å². The predicted octanol–water partition coefficient (Wildman–Crippen LogP) is 0.900. The van der Waals surface area contributed by atoms with Crippen LogP contribution in [0.1, 0.15) is 47.3 Å². The standard InChI is InChI=1S/C25H35N9O5S/c1-6-19-20(21(23(36)26-4)30-34(19)25-27-9-10-31(25)5)29-22(35)18-15-17(16-28-24(18)39-8-3)40(37,38)33-13-11-32(7-2)12-14-33/h9-10,15-16H,6-8,11-14H2,1-5H3,(H,26,36)(H,29,35). The van der Waals surface area contributed by atoms with E-state index >= 15 is 0 Å². The number of nitrogens with one attached hydrogen (secondary N) is 2. The van der Waals surface area contributed by atoms with Gasteiger partial charge in [0.05, 0.1) is 24.2 Å². The highest BCUT2D eigenvalue weighted by molar-refractivity contribution is 7.89. The number of aromatic nitrogens is 5. The zero-order valence-corrected chi connectivity index (χ0v) is 24.2. The maximum Gasteiger partial charge on any atom is 0.273 e. The molecule has 0 atom stereocenters. The largest absolute Gasteiger partial charge is 0.477 e. The number of hydrogen-bond donors (Lipinski definition) is 2. The summed E-state index contributed by atoms with van der Waals surface area (Å²) in [6, 6.07) is 1.27. The quantitative estimate of drug-likeness (QED) is 0.360. The first-order chi connectivity index (χ1) is 19.2. The summed E-state index contributed by atoms with van der Waals surface area (Å²) in [5.41, 5.74) is 0.620. The molecule has 2 N–H and O–H groups in total. The van der Waals surface area contributed by atoms with Gasteiger partial charge in [-0.05, 0) is 26.0 Å². The van der Waals surface area contributed by atoms with E-state index in [1.807, 2.05) is 13.8 Å². The molecule has 4 heterocycles. The number of hydrogen-bond acceptors (Lipinski definition) is 9. The fourth-order valence-electron chi connectivity index (χ4n) is 4.52. The summed E-state index contributed by atoms with van der Waals surface area (Å²) in [5.74, 6) is -0.770. The molecule has 3 aromatic heterocycles. The fourth-order valence-corrected chi connectivity index (χ4v) is 5.91. The summed E-state index contributed by atoms with van der Waals surface area (Å²) in [7, 11) is -0.655. The number of ether oxygens (including phenoxy) is 1. The van der Waals surface area contributed by atoms with Crippen LogP contribution in [0.25, 0.3) is 5.95 Å². The number of piperazine rings is 1. The lowest BCUT2D eigenvalue weighted by Gasteiger charge is -2.33. The summed E-state index contributed by atoms with van der Waals surface area (Å²) in [6.07, 6.45) is 4.95. The molecule has 216 valence electrons. The summed E-state index contributed by atoms with van der Waals surface area (Å²) in [6.45, 7) is 8.60. The van der Waals surface area contributed by atoms with Gasteiger partial charge in [0, 0.05) is 52.7 Å². The third kappa shape index (κ3) is 5.57. The van der Waals surface area contributed by atoms with Gasteiger partial charge in [-0.3, -0.25) is 9.59 Å². The van der Waals surface area contributed by atoms with Gasteiger partial charge in [0.15, 0.2) is 5.69 Å². The second kappa shape index (κ2) is 12.1. The van der Waals surface area contributed by atoms with E-state index < -0.39 is 21.8 Å². The molecule has 0 aliphatic carbocycles. The minimum absolute atomic E-state index is 0.0146. The highest BCUT2D eigenvalue weighted by Gasteiger charge is 2.31. The smallest absolute Gasteiger partial charge is 0.273 e. The lowest BCUT2D eigenvalue weighted by atomic mass is 10.2. The first-order valence-corrected chi connectivity index (χ1v) is 14.6. The lowest BCUT2D eigenvalue weighted by Crippen LogP contribution is -2.48. The normalized spacial score (nSPS) is 14.7. The fraction of sp³-hybridized carbons (Fsp3) is 0.480. The van der Waals surface area contributed by atoms with Crippen molar-refractivity contribution in [2.75, 3.05) is 51.7 Å². The molecule has 0 aromatic carbocycles. The van der Waals surface area contributed by atoms with E-state index in [1.165, 1.54) is 28.3 Å². The number of likely N-dealkylation sites (N-methyl/N-ethyl adjacent to an activating group) is 1. The Bertz CT molecular complexity index is 1490. The van der Waals surface area contributed by atoms with Crippen molar-refractivity contribution in [3.8, 4) is 11.8 Å². The predicted molar refractivity (Wildman–Crippen MR) is 147 cm³/mol. The Hall–Kier alpha value is -3.82. The van der Waals surface area contributed by atoms with Crippen LogP contribution in [-0.4, -0.2) is 100 Å². The molecule has 0 saturated carbocycles. The zero-order valence-electron chi connectivity index (χ0n) is 23.3. The number of aryl methyl sites for hydroxylation is 1. The topological polar surface area (TPSA) is 157 Å². The van der Waals surface area contributed by atoms with Crippen molar-refractivity contribution < 1.29 is 22.7 Å². The molecule has 0 spiro atoms. The van der Waals surface area contributed by atoms with Crippen LogP contribution in [0.2, 0.25) is 0 Å². The van der Waals surface area contributed by atoms with Gasteiger partial charge in [-0.15, -0.1) is 0 Å². The van der Waals surface area contributed by atoms with E-state index in [0.29, 0.717) is 44.2 Å². The summed E-state index contributed by atoms with van der Waals surface area (Å²) < 4.78 is 37.1. The van der Waals surface area contributed by atoms with Gasteiger partial charge in [0.25, 0.3) is 11.8 Å². The second-order valence-corrected chi connectivity index (χ2v) is 11.0. The first kappa shape index (κ1) is 29.2. The molecule has 0 unspecified atom stereocenters. The molecule has 14 nitrogen and oxygen atoms in total. The molecular weight excluding hydrogens is 538 g/mol. The van der Waals surface area contributed by atoms with E-state index in [2.05, 4.69) is 30.6 Å². The number of pyridine rings is 1. The molecule has 1 fully saturated rings. The first-order valence-electron chi connectivity index (χ1n) is 13.1. The van der Waals surface area contributed by atoms with Crippen molar-refractivity contribution in [1.29, 1.82) is 0 Å². The van der Waals surface area contributed by atoms with Gasteiger partial charge in [-0.1, -0.05) is 13.8 Å². The molecule has 1 aliphatic rings. The van der Waals surface area contributed by atoms with Crippen LogP contribution in [0.4, 0.5) is 5.69 Å². The van der Waals surface area contributed by atoms with Crippen molar-refractivity contribution in [2.45, 2.75) is 32.1 Å². The Kier molecular flexibility index (Phi) is 8.85. The second-order valence-electron chi connectivity index (χ2n) is 9.10. The van der Waals surface area contributed by atoms with Crippen LogP contribution in [0, 0.1) is 0 Å². The molecule has 4 rings (SSSR count). The molecule has 1 saturated heterocycles. The summed E-state index contributed by atoms with van der Waals surface area (Å²) in [5, 5.41) is 9.77. The van der Waals surface area contributed by atoms with E-state index in [9.17, 15) is 18.0 Å². The zero-order chi connectivity index (χ0) is 29.0. The summed E-state index contributed by atoms with van der Waals surface area (Å²) in [4.78, 5) is 37.0. The number of rotatable bonds is 10. The van der Waals surface area contributed by atoms with Crippen molar-refractivity contribution >= 4 is 27.5 Å². The number of imidazole rings is 1. The van der Waals surface area contributed by atoms with Crippen LogP contribution >= 0.6 is 0 Å². The molecule has 0 radical (unpaired) electrons. The number of carbonyl (C=O) groups excluding carboxylic acids is 2. The average Bonchev–Trinajstić information content (AvgIpc) is 3.55. The van der Waals surface area contributed by atoms with Crippen molar-refractivity contribution in [3.05, 3.63) is 41.6 Å². The van der Waals surface area contributed by atoms with Crippen LogP contribution in [0.3, 0.4) is 0 Å². The Morgan fingerprint density at radius 3 is 2.38 bits per heavy atom. The van der Waals surface area contributed by atoms with Gasteiger partial charge in [0.1, 0.15) is 10.5 Å². The molecule has 0 bridgehead atoms. The van der Waals surface area contributed by atoms with Gasteiger partial charge in [0.2, 0.25) is 21.9 Å². The number of anilines is 1. The minimum Gasteiger partial charge on any atom is -0.477 e. The van der Waals surface area contributed by atoms with E-state index in [0.717, 1.165) is 6.54 Å². The number of nitrogens with zero attached hydrogens (tertiary/aromatic N) is 7. The number of amides is 2. The van der Waals surface area contributed by atoms with Crippen LogP contribution in [-0.2, 0) is 23.5 Å². The van der Waals surface area contributed by atoms with Gasteiger partial charge >= 0.3 is 0 Å². The highest BCUT2D eigenvalue weighted by Crippen LogP contribution is 2.28. The van der Waals surface area contributed by atoms with Gasteiger partial charge in [-0.2, -0.15) is 9.40 Å². The third-order valence-corrected chi connectivity index (χ3v) is 8.61. The summed E-state index contributed by atoms with van der Waals surface area (Å²) >= 11 is 0. The van der Waals surface area contributed by atoms with Gasteiger partial charge in [-0.25, -0.2) is 23.1 Å². The minimum atomic E-state index is -3.91. The maximum absolute atomic E-state index is 13.7. The Balaban J connectivity index is 1.74. The maximum atomic E-state index is 13.7. The van der Waals surface area contributed by atoms with Crippen LogP contribution in [0.5, 0.6) is 5.88 Å². The average molecular weight is 574 g/mol. The van der Waals surface area contributed by atoms with E-state index in [4.69, 9.17) is 4.74 Å². The lowest BCUT2D eigenvalue weighted by molar-refractivity contribution is 0.0958. The van der Waals surface area contributed by atoms with Crippen LogP contribution < -0.4 is 15.4 Å². The van der Waals surface area contributed by atoms with Gasteiger partial charge < -0.3 is 24.8 Å². The number of sulfonamides is 1. The molecule has 2 amide bonds. The SMILES string of the molecule is CCOc1ncc(S(=O)(=O)N2CCN(CC)CC2)cc1C(=O)Nc1c(C(=O)NC)nn(-c2nccn2C)c1CC. The number of carbonyl (C=O) groups is 2. The molecular formula is C25H35N9O5S.